The van der Waals surface area contributed by atoms with Gasteiger partial charge in [0.05, 0.1) is 16.3 Å². The number of hydrogen-bond donors (Lipinski definition) is 1. The van der Waals surface area contributed by atoms with Gasteiger partial charge in [-0.15, -0.1) is 0 Å². The zero-order chi connectivity index (χ0) is 13.8. The second-order valence-electron chi connectivity index (χ2n) is 4.19. The Morgan fingerprint density at radius 3 is 2.53 bits per heavy atom. The average molecular weight is 276 g/mol. The van der Waals surface area contributed by atoms with Crippen LogP contribution in [0.5, 0.6) is 0 Å². The minimum Gasteiger partial charge on any atom is -0.454 e. The van der Waals surface area contributed by atoms with Crippen LogP contribution in [-0.2, 0) is 4.74 Å². The van der Waals surface area contributed by atoms with E-state index in [1.54, 1.807) is 12.1 Å². The van der Waals surface area contributed by atoms with Crippen LogP contribution in [0.25, 0.3) is 0 Å². The predicted octanol–water partition coefficient (Wildman–Crippen LogP) is 3.84. The molecule has 19 heavy (non-hydrogen) atoms. The molecule has 0 aliphatic heterocycles. The van der Waals surface area contributed by atoms with Crippen LogP contribution in [0.1, 0.15) is 28.9 Å². The third-order valence-electron chi connectivity index (χ3n) is 2.78. The van der Waals surface area contributed by atoms with Crippen molar-refractivity contribution in [2.24, 2.45) is 0 Å². The third-order valence-corrected chi connectivity index (χ3v) is 3.13. The summed E-state index contributed by atoms with van der Waals surface area (Å²) in [5.74, 6) is -0.417. The summed E-state index contributed by atoms with van der Waals surface area (Å²) in [6.07, 6.45) is -0.314. The average Bonchev–Trinajstić information content (AvgIpc) is 2.42. The van der Waals surface area contributed by atoms with E-state index in [-0.39, 0.29) is 6.10 Å². The number of anilines is 1. The van der Waals surface area contributed by atoms with Gasteiger partial charge in [-0.25, -0.2) is 4.79 Å². The van der Waals surface area contributed by atoms with E-state index in [4.69, 9.17) is 22.1 Å². The third kappa shape index (κ3) is 3.26. The highest BCUT2D eigenvalue weighted by Crippen LogP contribution is 2.22. The molecule has 2 N–H and O–H groups in total. The highest BCUT2D eigenvalue weighted by atomic mass is 35.5. The molecule has 2 rings (SSSR count). The Hall–Kier alpha value is -2.00. The number of hydrogen-bond acceptors (Lipinski definition) is 3. The minimum atomic E-state index is -0.417. The topological polar surface area (TPSA) is 52.3 Å². The Morgan fingerprint density at radius 2 is 1.89 bits per heavy atom. The van der Waals surface area contributed by atoms with Crippen LogP contribution < -0.4 is 5.73 Å². The molecule has 0 spiro atoms. The number of carbonyl (C=O) groups is 1. The van der Waals surface area contributed by atoms with Gasteiger partial charge in [0.2, 0.25) is 0 Å². The molecule has 2 aromatic rings. The molecule has 0 radical (unpaired) electrons. The summed E-state index contributed by atoms with van der Waals surface area (Å²) in [6, 6.07) is 14.2. The maximum Gasteiger partial charge on any atom is 0.338 e. The van der Waals surface area contributed by atoms with Crippen LogP contribution in [-0.4, -0.2) is 5.97 Å². The lowest BCUT2D eigenvalue weighted by atomic mass is 10.1. The van der Waals surface area contributed by atoms with Crippen LogP contribution in [0.2, 0.25) is 5.02 Å². The molecule has 0 bridgehead atoms. The fraction of sp³-hybridized carbons (Fsp3) is 0.133. The molecule has 98 valence electrons. The van der Waals surface area contributed by atoms with E-state index >= 15 is 0 Å². The Kier molecular flexibility index (Phi) is 4.07. The zero-order valence-corrected chi connectivity index (χ0v) is 11.2. The van der Waals surface area contributed by atoms with Crippen LogP contribution >= 0.6 is 11.6 Å². The smallest absolute Gasteiger partial charge is 0.338 e. The Balaban J connectivity index is 2.11. The fourth-order valence-electron chi connectivity index (χ4n) is 1.69. The first-order chi connectivity index (χ1) is 9.08. The molecular weight excluding hydrogens is 262 g/mol. The second kappa shape index (κ2) is 5.76. The Labute approximate surface area is 117 Å². The maximum atomic E-state index is 12.0. The van der Waals surface area contributed by atoms with Crippen molar-refractivity contribution in [1.29, 1.82) is 0 Å². The summed E-state index contributed by atoms with van der Waals surface area (Å²) >= 11 is 5.81. The van der Waals surface area contributed by atoms with E-state index in [2.05, 4.69) is 0 Å². The number of ether oxygens (including phenoxy) is 1. The van der Waals surface area contributed by atoms with Gasteiger partial charge < -0.3 is 10.5 Å². The summed E-state index contributed by atoms with van der Waals surface area (Å²) in [5.41, 5.74) is 7.36. The lowest BCUT2D eigenvalue weighted by molar-refractivity contribution is 0.0338. The van der Waals surface area contributed by atoms with Crippen molar-refractivity contribution in [3.8, 4) is 0 Å². The number of nitrogen functional groups attached to an aromatic ring is 1. The SMILES string of the molecule is CC(OC(=O)c1ccc(Cl)c(N)c1)c1ccccc1. The van der Waals surface area contributed by atoms with Crippen molar-refractivity contribution in [3.63, 3.8) is 0 Å². The van der Waals surface area contributed by atoms with Crippen LogP contribution in [0, 0.1) is 0 Å². The normalized spacial score (nSPS) is 11.9. The second-order valence-corrected chi connectivity index (χ2v) is 4.60. The quantitative estimate of drug-likeness (QED) is 0.684. The standard InChI is InChI=1S/C15H14ClNO2/c1-10(11-5-3-2-4-6-11)19-15(18)12-7-8-13(16)14(17)9-12/h2-10H,17H2,1H3. The molecule has 0 fully saturated rings. The molecular formula is C15H14ClNO2. The van der Waals surface area contributed by atoms with Crippen LogP contribution in [0.15, 0.2) is 48.5 Å². The highest BCUT2D eigenvalue weighted by Gasteiger charge is 2.14. The van der Waals surface area contributed by atoms with Gasteiger partial charge in [-0.2, -0.15) is 0 Å². The number of benzene rings is 2. The molecule has 0 aliphatic rings. The van der Waals surface area contributed by atoms with E-state index in [0.29, 0.717) is 16.3 Å². The maximum absolute atomic E-state index is 12.0. The van der Waals surface area contributed by atoms with Gasteiger partial charge in [-0.3, -0.25) is 0 Å². The van der Waals surface area contributed by atoms with Crippen LogP contribution in [0.3, 0.4) is 0 Å². The number of esters is 1. The van der Waals surface area contributed by atoms with Gasteiger partial charge in [0, 0.05) is 0 Å². The largest absolute Gasteiger partial charge is 0.454 e. The van der Waals surface area contributed by atoms with Crippen molar-refractivity contribution in [2.45, 2.75) is 13.0 Å². The van der Waals surface area contributed by atoms with Crippen molar-refractivity contribution in [2.75, 3.05) is 5.73 Å². The van der Waals surface area contributed by atoms with E-state index in [1.165, 1.54) is 6.07 Å². The molecule has 0 amide bonds. The zero-order valence-electron chi connectivity index (χ0n) is 10.5. The van der Waals surface area contributed by atoms with E-state index < -0.39 is 5.97 Å². The molecule has 0 saturated heterocycles. The highest BCUT2D eigenvalue weighted by molar-refractivity contribution is 6.33. The lowest BCUT2D eigenvalue weighted by Crippen LogP contribution is -2.09. The molecule has 0 heterocycles. The summed E-state index contributed by atoms with van der Waals surface area (Å²) in [5, 5.41) is 0.424. The molecule has 1 atom stereocenters. The minimum absolute atomic E-state index is 0.314. The molecule has 0 saturated carbocycles. The Bertz CT molecular complexity index is 584. The molecule has 0 aromatic heterocycles. The lowest BCUT2D eigenvalue weighted by Gasteiger charge is -2.13. The van der Waals surface area contributed by atoms with Gasteiger partial charge in [0.1, 0.15) is 6.10 Å². The van der Waals surface area contributed by atoms with Crippen LogP contribution in [0.4, 0.5) is 5.69 Å². The van der Waals surface area contributed by atoms with E-state index in [1.807, 2.05) is 37.3 Å². The molecule has 1 unspecified atom stereocenters. The van der Waals surface area contributed by atoms with E-state index in [0.717, 1.165) is 5.56 Å². The molecule has 4 heteroatoms. The van der Waals surface area contributed by atoms with E-state index in [9.17, 15) is 4.79 Å². The summed E-state index contributed by atoms with van der Waals surface area (Å²) in [7, 11) is 0. The first-order valence-corrected chi connectivity index (χ1v) is 6.26. The number of rotatable bonds is 3. The fourth-order valence-corrected chi connectivity index (χ4v) is 1.81. The van der Waals surface area contributed by atoms with Gasteiger partial charge >= 0.3 is 5.97 Å². The first-order valence-electron chi connectivity index (χ1n) is 5.89. The summed E-state index contributed by atoms with van der Waals surface area (Å²) in [4.78, 5) is 12.0. The van der Waals surface area contributed by atoms with Crippen molar-refractivity contribution in [1.82, 2.24) is 0 Å². The summed E-state index contributed by atoms with van der Waals surface area (Å²) < 4.78 is 5.38. The van der Waals surface area contributed by atoms with Gasteiger partial charge in [0.15, 0.2) is 0 Å². The van der Waals surface area contributed by atoms with Gasteiger partial charge in [-0.05, 0) is 30.7 Å². The Morgan fingerprint density at radius 1 is 1.21 bits per heavy atom. The number of carbonyl (C=O) groups excluding carboxylic acids is 1. The van der Waals surface area contributed by atoms with Crippen molar-refractivity contribution in [3.05, 3.63) is 64.7 Å². The predicted molar refractivity (Wildman–Crippen MR) is 76.1 cm³/mol. The molecule has 2 aromatic carbocycles. The number of halogens is 1. The van der Waals surface area contributed by atoms with Gasteiger partial charge in [-0.1, -0.05) is 41.9 Å². The van der Waals surface area contributed by atoms with Gasteiger partial charge in [0.25, 0.3) is 0 Å². The molecule has 0 aliphatic carbocycles. The monoisotopic (exact) mass is 275 g/mol. The molecule has 3 nitrogen and oxygen atoms in total. The number of nitrogens with two attached hydrogens (primary N) is 1. The summed E-state index contributed by atoms with van der Waals surface area (Å²) in [6.45, 7) is 1.83. The van der Waals surface area contributed by atoms with Crippen molar-refractivity contribution < 1.29 is 9.53 Å². The van der Waals surface area contributed by atoms with Crippen molar-refractivity contribution >= 4 is 23.3 Å². The first kappa shape index (κ1) is 13.4.